The average Bonchev–Trinajstić information content (AvgIpc) is 3.00. The number of anilines is 1. The summed E-state index contributed by atoms with van der Waals surface area (Å²) >= 11 is 3.58. The van der Waals surface area contributed by atoms with Crippen LogP contribution in [0.15, 0.2) is 22.7 Å². The molecule has 2 heterocycles. The molecule has 1 aliphatic heterocycles. The van der Waals surface area contributed by atoms with Gasteiger partial charge in [-0.25, -0.2) is 4.98 Å². The summed E-state index contributed by atoms with van der Waals surface area (Å²) in [6.07, 6.45) is 0.914. The summed E-state index contributed by atoms with van der Waals surface area (Å²) in [7, 11) is 0. The van der Waals surface area contributed by atoms with Crippen molar-refractivity contribution in [3.63, 3.8) is 0 Å². The number of aryl methyl sites for hydroxylation is 2. The average molecular weight is 379 g/mol. The van der Waals surface area contributed by atoms with Crippen molar-refractivity contribution in [2.45, 2.75) is 20.3 Å². The molecule has 1 fully saturated rings. The van der Waals surface area contributed by atoms with Gasteiger partial charge < -0.3 is 15.1 Å². The molecule has 1 aromatic heterocycles. The molecule has 124 valence electrons. The van der Waals surface area contributed by atoms with E-state index in [0.29, 0.717) is 0 Å². The number of benzene rings is 1. The highest BCUT2D eigenvalue weighted by Gasteiger charge is 2.33. The van der Waals surface area contributed by atoms with Crippen LogP contribution in [0.1, 0.15) is 18.1 Å². The number of halogens is 1. The van der Waals surface area contributed by atoms with Gasteiger partial charge in [0.1, 0.15) is 5.82 Å². The first-order chi connectivity index (χ1) is 11.1. The van der Waals surface area contributed by atoms with Gasteiger partial charge in [-0.3, -0.25) is 0 Å². The highest BCUT2D eigenvalue weighted by molar-refractivity contribution is 9.10. The van der Waals surface area contributed by atoms with E-state index in [9.17, 15) is 10.2 Å². The third-order valence-corrected chi connectivity index (χ3v) is 5.82. The molecule has 2 aromatic rings. The lowest BCUT2D eigenvalue weighted by Gasteiger charge is -2.22. The molecule has 1 saturated heterocycles. The van der Waals surface area contributed by atoms with Crippen LogP contribution in [0.2, 0.25) is 0 Å². The zero-order chi connectivity index (χ0) is 16.6. The van der Waals surface area contributed by atoms with Gasteiger partial charge in [0.25, 0.3) is 0 Å². The number of aromatic nitrogens is 1. The number of nitrogens with zero attached hydrogens (tertiary/aromatic N) is 2. The zero-order valence-electron chi connectivity index (χ0n) is 13.6. The normalized spacial score (nSPS) is 21.3. The Morgan fingerprint density at radius 1 is 1.22 bits per heavy atom. The van der Waals surface area contributed by atoms with E-state index in [1.807, 2.05) is 0 Å². The molecular weight excluding hydrogens is 356 g/mol. The molecule has 2 atom stereocenters. The van der Waals surface area contributed by atoms with E-state index in [-0.39, 0.29) is 25.0 Å². The van der Waals surface area contributed by atoms with Crippen molar-refractivity contribution in [3.05, 3.63) is 33.8 Å². The maximum Gasteiger partial charge on any atom is 0.132 e. The SMILES string of the molecule is CCc1cc2ccc(Br)c(C)c2nc1N1C[C@@H](CO)[C@H](CO)C1. The van der Waals surface area contributed by atoms with E-state index < -0.39 is 0 Å². The monoisotopic (exact) mass is 378 g/mol. The molecule has 0 spiro atoms. The molecule has 0 radical (unpaired) electrons. The van der Waals surface area contributed by atoms with Crippen LogP contribution in [0.3, 0.4) is 0 Å². The van der Waals surface area contributed by atoms with Crippen LogP contribution in [0, 0.1) is 18.8 Å². The second-order valence-electron chi connectivity index (χ2n) is 6.36. The van der Waals surface area contributed by atoms with E-state index >= 15 is 0 Å². The number of fused-ring (bicyclic) bond motifs is 1. The van der Waals surface area contributed by atoms with Gasteiger partial charge in [0.15, 0.2) is 0 Å². The third kappa shape index (κ3) is 2.97. The summed E-state index contributed by atoms with van der Waals surface area (Å²) in [5.74, 6) is 1.23. The first-order valence-corrected chi connectivity index (χ1v) is 8.93. The topological polar surface area (TPSA) is 56.6 Å². The minimum Gasteiger partial charge on any atom is -0.396 e. The first kappa shape index (κ1) is 16.7. The van der Waals surface area contributed by atoms with E-state index in [2.05, 4.69) is 52.9 Å². The fourth-order valence-corrected chi connectivity index (χ4v) is 3.77. The van der Waals surface area contributed by atoms with Crippen molar-refractivity contribution in [1.29, 1.82) is 0 Å². The lowest BCUT2D eigenvalue weighted by atomic mass is 9.98. The molecule has 1 aromatic carbocycles. The third-order valence-electron chi connectivity index (χ3n) is 4.96. The Morgan fingerprint density at radius 2 is 1.87 bits per heavy atom. The van der Waals surface area contributed by atoms with E-state index in [1.165, 1.54) is 5.56 Å². The molecule has 5 heteroatoms. The quantitative estimate of drug-likeness (QED) is 0.858. The standard InChI is InChI=1S/C18H23BrN2O2/c1-3-12-6-13-4-5-16(19)11(2)17(13)20-18(12)21-7-14(9-22)15(8-21)10-23/h4-6,14-15,22-23H,3,7-10H2,1-2H3/t14-,15-/m0/s1. The van der Waals surface area contributed by atoms with Crippen molar-refractivity contribution in [2.75, 3.05) is 31.2 Å². The highest BCUT2D eigenvalue weighted by Crippen LogP contribution is 2.33. The summed E-state index contributed by atoms with van der Waals surface area (Å²) in [6, 6.07) is 6.38. The van der Waals surface area contributed by atoms with Gasteiger partial charge >= 0.3 is 0 Å². The highest BCUT2D eigenvalue weighted by atomic mass is 79.9. The summed E-state index contributed by atoms with van der Waals surface area (Å²) in [5, 5.41) is 20.2. The number of rotatable bonds is 4. The second-order valence-corrected chi connectivity index (χ2v) is 7.21. The Labute approximate surface area is 145 Å². The Balaban J connectivity index is 2.07. The molecule has 0 bridgehead atoms. The number of hydrogen-bond donors (Lipinski definition) is 2. The van der Waals surface area contributed by atoms with Gasteiger partial charge in [0.05, 0.1) is 5.52 Å². The summed E-state index contributed by atoms with van der Waals surface area (Å²) < 4.78 is 1.07. The van der Waals surface area contributed by atoms with Gasteiger partial charge in [0, 0.05) is 48.0 Å². The van der Waals surface area contributed by atoms with Gasteiger partial charge in [-0.05, 0) is 36.6 Å². The lowest BCUT2D eigenvalue weighted by Crippen LogP contribution is -2.23. The first-order valence-electron chi connectivity index (χ1n) is 8.14. The van der Waals surface area contributed by atoms with Crippen LogP contribution in [0.5, 0.6) is 0 Å². The van der Waals surface area contributed by atoms with Crippen LogP contribution < -0.4 is 4.90 Å². The van der Waals surface area contributed by atoms with Gasteiger partial charge in [0.2, 0.25) is 0 Å². The molecule has 3 rings (SSSR count). The fraction of sp³-hybridized carbons (Fsp3) is 0.500. The second kappa shape index (κ2) is 6.75. The summed E-state index contributed by atoms with van der Waals surface area (Å²) in [5.41, 5.74) is 3.37. The van der Waals surface area contributed by atoms with Crippen LogP contribution in [0.4, 0.5) is 5.82 Å². The maximum absolute atomic E-state index is 9.55. The molecule has 0 unspecified atom stereocenters. The van der Waals surface area contributed by atoms with E-state index in [1.54, 1.807) is 0 Å². The Bertz CT molecular complexity index is 708. The van der Waals surface area contributed by atoms with Crippen molar-refractivity contribution in [1.82, 2.24) is 4.98 Å². The number of aliphatic hydroxyl groups excluding tert-OH is 2. The molecule has 1 aliphatic rings. The number of hydrogen-bond acceptors (Lipinski definition) is 4. The van der Waals surface area contributed by atoms with Crippen molar-refractivity contribution < 1.29 is 10.2 Å². The molecular formula is C18H23BrN2O2. The molecule has 23 heavy (non-hydrogen) atoms. The van der Waals surface area contributed by atoms with E-state index in [4.69, 9.17) is 4.98 Å². The van der Waals surface area contributed by atoms with Crippen LogP contribution in [-0.2, 0) is 6.42 Å². The molecule has 0 amide bonds. The predicted molar refractivity (Wildman–Crippen MR) is 96.9 cm³/mol. The minimum atomic E-state index is 0.112. The predicted octanol–water partition coefficient (Wildman–Crippen LogP) is 2.91. The van der Waals surface area contributed by atoms with Gasteiger partial charge in [-0.15, -0.1) is 0 Å². The fourth-order valence-electron chi connectivity index (χ4n) is 3.45. The van der Waals surface area contributed by atoms with Gasteiger partial charge in [-0.1, -0.05) is 28.9 Å². The smallest absolute Gasteiger partial charge is 0.132 e. The van der Waals surface area contributed by atoms with Crippen molar-refractivity contribution in [2.24, 2.45) is 11.8 Å². The molecule has 0 aliphatic carbocycles. The minimum absolute atomic E-state index is 0.112. The zero-order valence-corrected chi connectivity index (χ0v) is 15.2. The van der Waals surface area contributed by atoms with Crippen LogP contribution in [0.25, 0.3) is 10.9 Å². The van der Waals surface area contributed by atoms with E-state index in [0.717, 1.165) is 46.3 Å². The lowest BCUT2D eigenvalue weighted by molar-refractivity contribution is 0.152. The van der Waals surface area contributed by atoms with Crippen LogP contribution >= 0.6 is 15.9 Å². The van der Waals surface area contributed by atoms with Crippen molar-refractivity contribution >= 4 is 32.7 Å². The van der Waals surface area contributed by atoms with Crippen molar-refractivity contribution in [3.8, 4) is 0 Å². The van der Waals surface area contributed by atoms with Gasteiger partial charge in [-0.2, -0.15) is 0 Å². The Hall–Kier alpha value is -1.17. The maximum atomic E-state index is 9.55. The summed E-state index contributed by atoms with van der Waals surface area (Å²) in [4.78, 5) is 7.18. The Morgan fingerprint density at radius 3 is 2.43 bits per heavy atom. The Kier molecular flexibility index (Phi) is 4.90. The molecule has 2 N–H and O–H groups in total. The molecule has 4 nitrogen and oxygen atoms in total. The number of pyridine rings is 1. The molecule has 0 saturated carbocycles. The van der Waals surface area contributed by atoms with Crippen LogP contribution in [-0.4, -0.2) is 41.5 Å². The number of aliphatic hydroxyl groups is 2. The largest absolute Gasteiger partial charge is 0.396 e. The summed E-state index contributed by atoms with van der Waals surface area (Å²) in [6.45, 7) is 5.94.